The van der Waals surface area contributed by atoms with Gasteiger partial charge in [-0.05, 0) is 31.5 Å². The second-order valence-electron chi connectivity index (χ2n) is 4.97. The van der Waals surface area contributed by atoms with E-state index in [0.717, 1.165) is 4.90 Å². The van der Waals surface area contributed by atoms with Crippen LogP contribution in [0.15, 0.2) is 29.5 Å². The number of carbonyl (C=O) groups is 2. The first kappa shape index (κ1) is 16.4. The van der Waals surface area contributed by atoms with Crippen molar-refractivity contribution >= 4 is 11.7 Å². The standard InChI is InChI=1S/C16H16N2O5/c1-3-23-12-8-10(4-5-11(12)20)14-13(9(2)19)15(21)16(22)18(14)7-6-17/h4-5,8,14,20-21H,3,7H2,1-2H3/t14-/m1/s1. The van der Waals surface area contributed by atoms with Crippen molar-refractivity contribution in [1.82, 2.24) is 4.90 Å². The molecule has 0 saturated heterocycles. The summed E-state index contributed by atoms with van der Waals surface area (Å²) in [5.41, 5.74) is 0.391. The van der Waals surface area contributed by atoms with Crippen LogP contribution in [0.25, 0.3) is 0 Å². The van der Waals surface area contributed by atoms with E-state index in [0.29, 0.717) is 12.2 Å². The molecule has 7 nitrogen and oxygen atoms in total. The van der Waals surface area contributed by atoms with Crippen LogP contribution < -0.4 is 4.74 Å². The molecule has 0 spiro atoms. The van der Waals surface area contributed by atoms with Crippen molar-refractivity contribution in [2.45, 2.75) is 19.9 Å². The third-order valence-electron chi connectivity index (χ3n) is 3.52. The van der Waals surface area contributed by atoms with E-state index in [2.05, 4.69) is 0 Å². The van der Waals surface area contributed by atoms with Gasteiger partial charge in [-0.15, -0.1) is 0 Å². The maximum atomic E-state index is 12.1. The summed E-state index contributed by atoms with van der Waals surface area (Å²) in [5.74, 6) is -1.77. The number of hydrogen-bond acceptors (Lipinski definition) is 6. The molecule has 1 heterocycles. The van der Waals surface area contributed by atoms with Crippen LogP contribution in [0, 0.1) is 11.3 Å². The number of ether oxygens (including phenoxy) is 1. The predicted molar refractivity (Wildman–Crippen MR) is 79.7 cm³/mol. The summed E-state index contributed by atoms with van der Waals surface area (Å²) in [7, 11) is 0. The number of benzene rings is 1. The minimum absolute atomic E-state index is 0.0709. The fourth-order valence-electron chi connectivity index (χ4n) is 2.57. The van der Waals surface area contributed by atoms with Gasteiger partial charge in [-0.2, -0.15) is 5.26 Å². The average Bonchev–Trinajstić information content (AvgIpc) is 2.75. The van der Waals surface area contributed by atoms with Crippen molar-refractivity contribution in [3.05, 3.63) is 35.1 Å². The molecule has 0 unspecified atom stereocenters. The number of ketones is 1. The van der Waals surface area contributed by atoms with E-state index < -0.39 is 23.5 Å². The van der Waals surface area contributed by atoms with Crippen molar-refractivity contribution in [3.8, 4) is 17.6 Å². The zero-order valence-corrected chi connectivity index (χ0v) is 12.7. The summed E-state index contributed by atoms with van der Waals surface area (Å²) in [6.45, 7) is 3.03. The van der Waals surface area contributed by atoms with Crippen LogP contribution >= 0.6 is 0 Å². The number of hydrogen-bond donors (Lipinski definition) is 2. The minimum atomic E-state index is -0.889. The third kappa shape index (κ3) is 2.83. The molecular formula is C16H16N2O5. The molecule has 0 radical (unpaired) electrons. The van der Waals surface area contributed by atoms with Crippen LogP contribution in [0.3, 0.4) is 0 Å². The number of rotatable bonds is 5. The highest BCUT2D eigenvalue weighted by atomic mass is 16.5. The Morgan fingerprint density at radius 1 is 1.43 bits per heavy atom. The van der Waals surface area contributed by atoms with Crippen LogP contribution in [0.1, 0.15) is 25.5 Å². The highest BCUT2D eigenvalue weighted by Gasteiger charge is 2.42. The molecular weight excluding hydrogens is 300 g/mol. The van der Waals surface area contributed by atoms with Crippen molar-refractivity contribution in [2.75, 3.05) is 13.2 Å². The van der Waals surface area contributed by atoms with Gasteiger partial charge in [-0.3, -0.25) is 9.59 Å². The van der Waals surface area contributed by atoms with Gasteiger partial charge in [-0.1, -0.05) is 6.07 Å². The lowest BCUT2D eigenvalue weighted by atomic mass is 9.96. The predicted octanol–water partition coefficient (Wildman–Crippen LogP) is 1.60. The van der Waals surface area contributed by atoms with Gasteiger partial charge in [0.2, 0.25) is 0 Å². The van der Waals surface area contributed by atoms with Gasteiger partial charge in [0.25, 0.3) is 5.91 Å². The molecule has 0 bridgehead atoms. The average molecular weight is 316 g/mol. The Morgan fingerprint density at radius 3 is 2.70 bits per heavy atom. The molecule has 7 heteroatoms. The number of phenols is 1. The van der Waals surface area contributed by atoms with Crippen molar-refractivity contribution in [2.24, 2.45) is 0 Å². The monoisotopic (exact) mass is 316 g/mol. The van der Waals surface area contributed by atoms with Crippen molar-refractivity contribution in [3.63, 3.8) is 0 Å². The fourth-order valence-corrected chi connectivity index (χ4v) is 2.57. The topological polar surface area (TPSA) is 111 Å². The van der Waals surface area contributed by atoms with Gasteiger partial charge in [0, 0.05) is 0 Å². The Labute approximate surface area is 133 Å². The largest absolute Gasteiger partial charge is 0.504 e. The number of nitriles is 1. The first-order chi connectivity index (χ1) is 10.9. The van der Waals surface area contributed by atoms with Crippen LogP contribution in [-0.2, 0) is 9.59 Å². The summed E-state index contributed by atoms with van der Waals surface area (Å²) >= 11 is 0. The van der Waals surface area contributed by atoms with Crippen LogP contribution in [0.2, 0.25) is 0 Å². The van der Waals surface area contributed by atoms with Crippen LogP contribution in [0.4, 0.5) is 0 Å². The first-order valence-corrected chi connectivity index (χ1v) is 7.00. The van der Waals surface area contributed by atoms with Gasteiger partial charge in [0.05, 0.1) is 24.3 Å². The Balaban J connectivity index is 2.57. The Kier molecular flexibility index (Phi) is 4.55. The van der Waals surface area contributed by atoms with Crippen LogP contribution in [0.5, 0.6) is 11.5 Å². The summed E-state index contributed by atoms with van der Waals surface area (Å²) in [6.07, 6.45) is 0. The molecule has 1 amide bonds. The molecule has 0 fully saturated rings. The molecule has 2 rings (SSSR count). The summed E-state index contributed by atoms with van der Waals surface area (Å²) in [4.78, 5) is 25.1. The molecule has 23 heavy (non-hydrogen) atoms. The smallest absolute Gasteiger partial charge is 0.290 e. The second-order valence-corrected chi connectivity index (χ2v) is 4.97. The molecule has 2 N–H and O–H groups in total. The van der Waals surface area contributed by atoms with Gasteiger partial charge < -0.3 is 19.8 Å². The van der Waals surface area contributed by atoms with E-state index in [-0.39, 0.29) is 23.6 Å². The fraction of sp³-hybridized carbons (Fsp3) is 0.312. The number of Topliss-reactive ketones (excluding diaryl/α,β-unsaturated/α-hetero) is 1. The summed E-state index contributed by atoms with van der Waals surface area (Å²) in [6, 6.07) is 5.34. The molecule has 0 saturated carbocycles. The van der Waals surface area contributed by atoms with Gasteiger partial charge in [-0.25, -0.2) is 0 Å². The molecule has 1 aromatic carbocycles. The Bertz CT molecular complexity index is 732. The van der Waals surface area contributed by atoms with Crippen molar-refractivity contribution in [1.29, 1.82) is 5.26 Å². The summed E-state index contributed by atoms with van der Waals surface area (Å²) < 4.78 is 5.30. The molecule has 1 aromatic rings. The molecule has 1 atom stereocenters. The van der Waals surface area contributed by atoms with E-state index in [9.17, 15) is 19.8 Å². The molecule has 0 aliphatic carbocycles. The van der Waals surface area contributed by atoms with Gasteiger partial charge in [0.15, 0.2) is 23.0 Å². The van der Waals surface area contributed by atoms with E-state index in [1.165, 1.54) is 25.1 Å². The normalized spacial score (nSPS) is 17.3. The van der Waals surface area contributed by atoms with Gasteiger partial charge in [0.1, 0.15) is 6.54 Å². The second kappa shape index (κ2) is 6.40. The SMILES string of the molecule is CCOc1cc([C@@H]2C(C(C)=O)=C(O)C(=O)N2CC#N)ccc1O. The lowest BCUT2D eigenvalue weighted by Gasteiger charge is -2.24. The molecule has 120 valence electrons. The number of aromatic hydroxyl groups is 1. The third-order valence-corrected chi connectivity index (χ3v) is 3.52. The number of phenolic OH excluding ortho intramolecular Hbond substituents is 1. The molecule has 1 aliphatic rings. The zero-order valence-electron chi connectivity index (χ0n) is 12.7. The Morgan fingerprint density at radius 2 is 2.13 bits per heavy atom. The number of carbonyl (C=O) groups excluding carboxylic acids is 2. The summed E-state index contributed by atoms with van der Waals surface area (Å²) in [5, 5.41) is 28.6. The Hall–Kier alpha value is -3.01. The molecule has 0 aromatic heterocycles. The van der Waals surface area contributed by atoms with Gasteiger partial charge >= 0.3 is 0 Å². The highest BCUT2D eigenvalue weighted by Crippen LogP contribution is 2.40. The first-order valence-electron chi connectivity index (χ1n) is 7.00. The van der Waals surface area contributed by atoms with Crippen LogP contribution in [-0.4, -0.2) is 40.0 Å². The maximum absolute atomic E-state index is 12.1. The zero-order chi connectivity index (χ0) is 17.1. The number of aliphatic hydroxyl groups is 1. The quantitative estimate of drug-likeness (QED) is 0.798. The van der Waals surface area contributed by atoms with E-state index >= 15 is 0 Å². The molecule has 1 aliphatic heterocycles. The maximum Gasteiger partial charge on any atom is 0.290 e. The number of aliphatic hydroxyl groups excluding tert-OH is 1. The van der Waals surface area contributed by atoms with E-state index in [1.54, 1.807) is 6.92 Å². The number of nitrogens with zero attached hydrogens (tertiary/aromatic N) is 2. The lowest BCUT2D eigenvalue weighted by Crippen LogP contribution is -2.31. The minimum Gasteiger partial charge on any atom is -0.504 e. The highest BCUT2D eigenvalue weighted by molar-refractivity contribution is 6.08. The van der Waals surface area contributed by atoms with E-state index in [1.807, 2.05) is 6.07 Å². The van der Waals surface area contributed by atoms with Crippen molar-refractivity contribution < 1.29 is 24.5 Å². The number of amides is 1. The van der Waals surface area contributed by atoms with E-state index in [4.69, 9.17) is 10.00 Å². The lowest BCUT2D eigenvalue weighted by molar-refractivity contribution is -0.128.